The molecule has 0 aliphatic carbocycles. The number of benzene rings is 9. The number of imidazole rings is 1. The van der Waals surface area contributed by atoms with Crippen molar-refractivity contribution >= 4 is 54.6 Å². The van der Waals surface area contributed by atoms with Crippen LogP contribution in [0.2, 0.25) is 0 Å². The number of ether oxygens (including phenoxy) is 1. The number of hydrogen-bond donors (Lipinski definition) is 0. The number of para-hydroxylation sites is 5. The van der Waals surface area contributed by atoms with Gasteiger partial charge in [-0.2, -0.15) is 18.2 Å². The van der Waals surface area contributed by atoms with E-state index in [1.807, 2.05) is 86.5 Å². The fraction of sp³-hybridized carbons (Fsp3) is 0.178. The summed E-state index contributed by atoms with van der Waals surface area (Å²) in [4.78, 5) is 4.94. The van der Waals surface area contributed by atoms with Crippen LogP contribution in [0.4, 0.5) is 0 Å². The van der Waals surface area contributed by atoms with Crippen molar-refractivity contribution in [2.75, 3.05) is 0 Å². The van der Waals surface area contributed by atoms with Gasteiger partial charge in [0.15, 0.2) is 0 Å². The van der Waals surface area contributed by atoms with Gasteiger partial charge in [-0.25, -0.2) is 4.98 Å². The zero-order chi connectivity index (χ0) is 65.5. The van der Waals surface area contributed by atoms with Gasteiger partial charge in [-0.3, -0.25) is 4.57 Å². The summed E-state index contributed by atoms with van der Waals surface area (Å²) < 4.78 is 130. The van der Waals surface area contributed by atoms with E-state index in [4.69, 9.17) is 22.1 Å². The van der Waals surface area contributed by atoms with Crippen molar-refractivity contribution in [3.05, 3.63) is 241 Å². The number of aromatic nitrogens is 5. The van der Waals surface area contributed by atoms with Crippen LogP contribution in [0.3, 0.4) is 0 Å². The number of rotatable bonds is 11. The Bertz CT molecular complexity index is 5130. The molecule has 0 bridgehead atoms. The third kappa shape index (κ3) is 9.23. The molecule has 7 heteroatoms. The summed E-state index contributed by atoms with van der Waals surface area (Å²) in [6.45, 7) is 17.4. The second kappa shape index (κ2) is 20.7. The van der Waals surface area contributed by atoms with Crippen molar-refractivity contribution in [1.29, 1.82) is 0 Å². The van der Waals surface area contributed by atoms with E-state index in [1.165, 1.54) is 4.57 Å². The van der Waals surface area contributed by atoms with Crippen LogP contribution in [0.25, 0.3) is 99.8 Å². The van der Waals surface area contributed by atoms with Gasteiger partial charge in [0.05, 0.1) is 45.6 Å². The first-order chi connectivity index (χ1) is 43.7. The number of hydrogen-bond acceptors (Lipinski definition) is 2. The second-order valence-electron chi connectivity index (χ2n) is 22.1. The van der Waals surface area contributed by atoms with Crippen molar-refractivity contribution in [3.63, 3.8) is 0 Å². The van der Waals surface area contributed by atoms with Gasteiger partial charge in [0.1, 0.15) is 5.82 Å². The first-order valence-electron chi connectivity index (χ1n) is 33.2. The van der Waals surface area contributed by atoms with Crippen molar-refractivity contribution in [1.82, 2.24) is 18.7 Å². The molecule has 0 aliphatic rings. The predicted molar refractivity (Wildman–Crippen MR) is 326 cm³/mol. The van der Waals surface area contributed by atoms with Gasteiger partial charge >= 0.3 is 0 Å². The molecule has 0 fully saturated rings. The van der Waals surface area contributed by atoms with Crippen LogP contribution >= 0.6 is 0 Å². The molecule has 0 unspecified atom stereocenters. The Morgan fingerprint density at radius 3 is 1.91 bits per heavy atom. The quantitative estimate of drug-likeness (QED) is 0.0956. The molecule has 13 rings (SSSR count). The molecule has 0 amide bonds. The molecule has 0 atom stereocenters. The monoisotopic (exact) mass is 1230 g/mol. The van der Waals surface area contributed by atoms with E-state index in [9.17, 15) is 5.48 Å². The zero-order valence-corrected chi connectivity index (χ0v) is 47.8. The second-order valence-corrected chi connectivity index (χ2v) is 22.1. The third-order valence-corrected chi connectivity index (χ3v) is 15.2. The maximum Gasteiger partial charge on any atom is 0.268 e. The third-order valence-electron chi connectivity index (χ3n) is 15.2. The average molecular weight is 1230 g/mol. The zero-order valence-electron chi connectivity index (χ0n) is 58.6. The Morgan fingerprint density at radius 1 is 0.562 bits per heavy atom. The van der Waals surface area contributed by atoms with E-state index < -0.39 is 66.5 Å². The van der Waals surface area contributed by atoms with Crippen molar-refractivity contribution < 1.29 is 48.2 Å². The summed E-state index contributed by atoms with van der Waals surface area (Å²) in [6.07, 6.45) is 7.26. The minimum Gasteiger partial charge on any atom is -0.510 e. The standard InChI is InChI=1S/C73H63N5O.Pt/c1-9-48(10-2)50-38-39-74-70(42-50)78-66-37-34-55(77-64-30-16-14-26-60(64)61-27-15-17-31-65(61)77)45-63(66)62-36-35-57(46-69(62)78)79-56-25-20-24-54(44-56)75-47-76(68-33-19-18-32-67(68)75)71-58(49-22-12-11-13-23-49)28-21-29-59(71)51-40-52(72(3,4)5)43-53(41-51)73(6,7)8;/h11-43,45,48H,9-10H2,1-8H3;/q-2;/i11D,12D,13D,14D,15D,16D,17D,22D,23D,26D,27D,30D,31D;. The Labute approximate surface area is 502 Å². The molecule has 80 heavy (non-hydrogen) atoms. The van der Waals surface area contributed by atoms with Gasteiger partial charge in [0, 0.05) is 60.7 Å². The topological polar surface area (TPSA) is 40.8 Å². The summed E-state index contributed by atoms with van der Waals surface area (Å²) in [5, 5.41) is 1.38. The molecule has 13 aromatic rings. The van der Waals surface area contributed by atoms with Crippen molar-refractivity contribution in [3.8, 4) is 56.6 Å². The van der Waals surface area contributed by atoms with Crippen LogP contribution in [-0.2, 0) is 31.9 Å². The van der Waals surface area contributed by atoms with E-state index in [0.29, 0.717) is 67.3 Å². The Kier molecular flexibility index (Phi) is 10.1. The maximum atomic E-state index is 9.29. The number of fused-ring (bicyclic) bond motifs is 7. The molecule has 0 radical (unpaired) electrons. The minimum absolute atomic E-state index is 0. The molecule has 4 aromatic heterocycles. The molecular formula is C73H63N5OPt-2. The molecule has 4 heterocycles. The van der Waals surface area contributed by atoms with E-state index in [2.05, 4.69) is 98.1 Å². The van der Waals surface area contributed by atoms with Gasteiger partial charge in [0.2, 0.25) is 0 Å². The van der Waals surface area contributed by atoms with Gasteiger partial charge in [-0.15, -0.1) is 29.7 Å². The van der Waals surface area contributed by atoms with Gasteiger partial charge < -0.3 is 18.4 Å². The summed E-state index contributed by atoms with van der Waals surface area (Å²) >= 11 is 0. The van der Waals surface area contributed by atoms with Crippen LogP contribution in [0.5, 0.6) is 11.5 Å². The molecule has 9 aromatic carbocycles. The van der Waals surface area contributed by atoms with Crippen LogP contribution in [0.1, 0.15) is 109 Å². The molecular weight excluding hydrogens is 1160 g/mol. The Hall–Kier alpha value is -8.31. The van der Waals surface area contributed by atoms with Crippen LogP contribution in [0, 0.1) is 18.5 Å². The first-order valence-corrected chi connectivity index (χ1v) is 26.7. The summed E-state index contributed by atoms with van der Waals surface area (Å²) in [6, 6.07) is 40.3. The molecule has 6 nitrogen and oxygen atoms in total. The molecule has 0 aliphatic heterocycles. The van der Waals surface area contributed by atoms with E-state index in [0.717, 1.165) is 46.2 Å². The number of pyridine rings is 1. The van der Waals surface area contributed by atoms with E-state index in [-0.39, 0.29) is 77.3 Å². The van der Waals surface area contributed by atoms with Crippen molar-refractivity contribution in [2.24, 2.45) is 0 Å². The van der Waals surface area contributed by atoms with Gasteiger partial charge in [-0.1, -0.05) is 188 Å². The Balaban J connectivity index is 0.00000832. The van der Waals surface area contributed by atoms with E-state index >= 15 is 0 Å². The molecule has 0 saturated heterocycles. The maximum absolute atomic E-state index is 9.29. The van der Waals surface area contributed by atoms with Gasteiger partial charge in [-0.05, 0) is 122 Å². The van der Waals surface area contributed by atoms with Crippen molar-refractivity contribution in [2.45, 2.75) is 85.0 Å². The minimum atomic E-state index is -0.519. The van der Waals surface area contributed by atoms with Crippen LogP contribution in [-0.4, -0.2) is 18.7 Å². The number of nitrogens with zero attached hydrogens (tertiary/aromatic N) is 5. The van der Waals surface area contributed by atoms with Crippen LogP contribution in [0.15, 0.2) is 206 Å². The summed E-state index contributed by atoms with van der Waals surface area (Å²) in [5.41, 5.74) is 9.21. The first kappa shape index (κ1) is 39.1. The average Bonchev–Trinajstić information content (AvgIpc) is 1.55. The predicted octanol–water partition coefficient (Wildman–Crippen LogP) is 18.5. The fourth-order valence-corrected chi connectivity index (χ4v) is 11.0. The molecule has 0 saturated carbocycles. The molecule has 0 N–H and O–H groups in total. The largest absolute Gasteiger partial charge is 0.510 e. The SMILES string of the molecule is [2H]c1c([2H])c([2H])c(-c2cccc(-c3cc(C(C)(C)C)cc(C(C)(C)C)c3)c2-[n+]2[c-]n(-c3[c-]c(Oc4[c-]c5c(cc4)c4cc(-n6c7c([2H])c([2H])c([2H])c([2H])c7c7c([2H])c([2H])c([2H])c([2H])c76)ccc4n5-c4cc(C(CC)CC)ccn4)ccc3)c3ccccc32)c([2H])c1[2H].[Pt]. The Morgan fingerprint density at radius 2 is 1.21 bits per heavy atom. The smallest absolute Gasteiger partial charge is 0.268 e. The normalized spacial score (nSPS) is 14.4. The van der Waals surface area contributed by atoms with Crippen LogP contribution < -0.4 is 9.30 Å². The molecule has 0 spiro atoms. The summed E-state index contributed by atoms with van der Waals surface area (Å²) in [5.74, 6) is 1.54. The fourth-order valence-electron chi connectivity index (χ4n) is 11.0. The summed E-state index contributed by atoms with van der Waals surface area (Å²) in [7, 11) is 0. The molecule has 398 valence electrons. The van der Waals surface area contributed by atoms with Gasteiger partial charge in [0.25, 0.3) is 6.33 Å². The van der Waals surface area contributed by atoms with E-state index in [1.54, 1.807) is 30.5 Å².